The van der Waals surface area contributed by atoms with Gasteiger partial charge in [0.1, 0.15) is 12.1 Å². The number of benzene rings is 1. The lowest BCUT2D eigenvalue weighted by Gasteiger charge is -2.27. The van der Waals surface area contributed by atoms with Crippen LogP contribution < -0.4 is 21.1 Å². The summed E-state index contributed by atoms with van der Waals surface area (Å²) in [4.78, 5) is 23.3. The number of carbonyl (C=O) groups excluding carboxylic acids is 1. The monoisotopic (exact) mass is 507 g/mol. The molecule has 1 amide bonds. The molecule has 36 heavy (non-hydrogen) atoms. The molecule has 3 rings (SSSR count). The third-order valence-electron chi connectivity index (χ3n) is 5.45. The molecule has 1 saturated heterocycles. The smallest absolute Gasteiger partial charge is 0.416 e. The standard InChI is InChI=1S/C23H28F3N7O3/c1-2-36-21-17(14-27)19(31-22(28)32-21)30-20(34)18(7-4-8-33-9-11-35-12-10-33)29-16-6-3-5-15(13-16)23(24,25)26/h3,5-6,13,18,29H,2,4,7-12H2,1H3,(H3,28,30,31,32,34)/t18-/m0/s1. The number of nitrogens with zero attached hydrogens (tertiary/aromatic N) is 4. The van der Waals surface area contributed by atoms with Crippen molar-refractivity contribution in [2.75, 3.05) is 55.8 Å². The molecule has 1 aliphatic rings. The van der Waals surface area contributed by atoms with Gasteiger partial charge in [-0.2, -0.15) is 28.4 Å². The summed E-state index contributed by atoms with van der Waals surface area (Å²) >= 11 is 0. The van der Waals surface area contributed by atoms with E-state index in [0.717, 1.165) is 25.2 Å². The molecule has 1 fully saturated rings. The molecule has 0 spiro atoms. The average molecular weight is 508 g/mol. The Labute approximate surface area is 206 Å². The molecule has 1 aromatic carbocycles. The predicted octanol–water partition coefficient (Wildman–Crippen LogP) is 2.88. The molecule has 0 saturated carbocycles. The first-order valence-corrected chi connectivity index (χ1v) is 11.5. The van der Waals surface area contributed by atoms with E-state index in [1.54, 1.807) is 6.92 Å². The number of rotatable bonds is 10. The van der Waals surface area contributed by atoms with Gasteiger partial charge in [0.2, 0.25) is 17.7 Å². The number of nitrogens with one attached hydrogen (secondary N) is 2. The van der Waals surface area contributed by atoms with E-state index in [9.17, 15) is 23.2 Å². The quantitative estimate of drug-likeness (QED) is 0.443. The summed E-state index contributed by atoms with van der Waals surface area (Å²) in [6, 6.07) is 5.59. The molecule has 1 aromatic heterocycles. The Kier molecular flexibility index (Phi) is 9.26. The van der Waals surface area contributed by atoms with Crippen molar-refractivity contribution >= 4 is 23.4 Å². The number of halogens is 3. The maximum atomic E-state index is 13.2. The number of anilines is 3. The van der Waals surface area contributed by atoms with Crippen molar-refractivity contribution < 1.29 is 27.4 Å². The molecule has 1 atom stereocenters. The van der Waals surface area contributed by atoms with Gasteiger partial charge in [-0.3, -0.25) is 9.69 Å². The minimum absolute atomic E-state index is 0.0718. The number of alkyl halides is 3. The van der Waals surface area contributed by atoms with Crippen LogP contribution in [0.25, 0.3) is 0 Å². The molecule has 13 heteroatoms. The van der Waals surface area contributed by atoms with Gasteiger partial charge < -0.3 is 25.8 Å². The number of ether oxygens (including phenoxy) is 2. The fourth-order valence-corrected chi connectivity index (χ4v) is 3.69. The lowest BCUT2D eigenvalue weighted by atomic mass is 10.1. The van der Waals surface area contributed by atoms with Gasteiger partial charge in [-0.15, -0.1) is 0 Å². The third-order valence-corrected chi connectivity index (χ3v) is 5.45. The summed E-state index contributed by atoms with van der Waals surface area (Å²) in [6.45, 7) is 5.38. The van der Waals surface area contributed by atoms with E-state index in [2.05, 4.69) is 25.5 Å². The van der Waals surface area contributed by atoms with Crippen molar-refractivity contribution in [2.24, 2.45) is 0 Å². The van der Waals surface area contributed by atoms with Gasteiger partial charge in [0.15, 0.2) is 11.4 Å². The highest BCUT2D eigenvalue weighted by Gasteiger charge is 2.31. The number of hydrogen-bond donors (Lipinski definition) is 3. The first-order valence-electron chi connectivity index (χ1n) is 11.5. The maximum Gasteiger partial charge on any atom is 0.416 e. The second kappa shape index (κ2) is 12.4. The molecule has 0 bridgehead atoms. The minimum Gasteiger partial charge on any atom is -0.477 e. The van der Waals surface area contributed by atoms with Crippen LogP contribution in [-0.2, 0) is 15.7 Å². The predicted molar refractivity (Wildman–Crippen MR) is 126 cm³/mol. The number of nitrogens with two attached hydrogens (primary N) is 1. The lowest BCUT2D eigenvalue weighted by Crippen LogP contribution is -2.39. The summed E-state index contributed by atoms with van der Waals surface area (Å²) < 4.78 is 50.2. The van der Waals surface area contributed by atoms with Crippen molar-refractivity contribution in [1.29, 1.82) is 5.26 Å². The molecule has 2 heterocycles. The highest BCUT2D eigenvalue weighted by Crippen LogP contribution is 2.31. The molecule has 0 unspecified atom stereocenters. The van der Waals surface area contributed by atoms with Crippen LogP contribution in [0.15, 0.2) is 24.3 Å². The second-order valence-corrected chi connectivity index (χ2v) is 8.02. The van der Waals surface area contributed by atoms with Gasteiger partial charge in [-0.1, -0.05) is 6.07 Å². The minimum atomic E-state index is -4.53. The van der Waals surface area contributed by atoms with E-state index in [0.29, 0.717) is 32.6 Å². The van der Waals surface area contributed by atoms with E-state index < -0.39 is 23.7 Å². The number of amides is 1. The van der Waals surface area contributed by atoms with E-state index >= 15 is 0 Å². The van der Waals surface area contributed by atoms with Gasteiger partial charge in [-0.05, 0) is 44.5 Å². The van der Waals surface area contributed by atoms with E-state index in [4.69, 9.17) is 15.2 Å². The van der Waals surface area contributed by atoms with Gasteiger partial charge in [0.25, 0.3) is 0 Å². The van der Waals surface area contributed by atoms with Gasteiger partial charge in [0.05, 0.1) is 25.4 Å². The van der Waals surface area contributed by atoms with Crippen molar-refractivity contribution in [3.63, 3.8) is 0 Å². The Hall–Kier alpha value is -3.63. The maximum absolute atomic E-state index is 13.2. The molecule has 1 aliphatic heterocycles. The molecule has 194 valence electrons. The van der Waals surface area contributed by atoms with Crippen molar-refractivity contribution in [3.05, 3.63) is 35.4 Å². The number of carbonyl (C=O) groups is 1. The van der Waals surface area contributed by atoms with Crippen molar-refractivity contribution in [2.45, 2.75) is 32.0 Å². The van der Waals surface area contributed by atoms with Crippen LogP contribution in [0.1, 0.15) is 30.9 Å². The highest BCUT2D eigenvalue weighted by molar-refractivity contribution is 5.97. The van der Waals surface area contributed by atoms with Crippen LogP contribution in [0.3, 0.4) is 0 Å². The van der Waals surface area contributed by atoms with Crippen molar-refractivity contribution in [3.8, 4) is 11.9 Å². The number of nitrogen functional groups attached to an aromatic ring is 1. The first kappa shape index (κ1) is 27.0. The van der Waals surface area contributed by atoms with Crippen LogP contribution in [0, 0.1) is 11.3 Å². The summed E-state index contributed by atoms with van der Waals surface area (Å²) in [5.74, 6) is -1.01. The Morgan fingerprint density at radius 3 is 2.75 bits per heavy atom. The fourth-order valence-electron chi connectivity index (χ4n) is 3.69. The molecule has 4 N–H and O–H groups in total. The van der Waals surface area contributed by atoms with E-state index in [1.807, 2.05) is 6.07 Å². The average Bonchev–Trinajstić information content (AvgIpc) is 2.84. The zero-order chi connectivity index (χ0) is 26.1. The van der Waals surface area contributed by atoms with Crippen LogP contribution in [0.2, 0.25) is 0 Å². The van der Waals surface area contributed by atoms with E-state index in [1.165, 1.54) is 12.1 Å². The normalized spacial score (nSPS) is 15.1. The second-order valence-electron chi connectivity index (χ2n) is 8.02. The zero-order valence-corrected chi connectivity index (χ0v) is 19.8. The Morgan fingerprint density at radius 1 is 1.33 bits per heavy atom. The zero-order valence-electron chi connectivity index (χ0n) is 19.8. The van der Waals surface area contributed by atoms with Crippen LogP contribution in [0.4, 0.5) is 30.6 Å². The van der Waals surface area contributed by atoms with Gasteiger partial charge in [-0.25, -0.2) is 0 Å². The molecule has 0 radical (unpaired) electrons. The Balaban J connectivity index is 1.80. The topological polar surface area (TPSA) is 138 Å². The SMILES string of the molecule is CCOc1nc(N)nc(NC(=O)[C@H](CCCN2CCOCC2)Nc2cccc(C(F)(F)F)c2)c1C#N. The van der Waals surface area contributed by atoms with Crippen LogP contribution >= 0.6 is 0 Å². The molecule has 10 nitrogen and oxygen atoms in total. The van der Waals surface area contributed by atoms with Gasteiger partial charge in [0, 0.05) is 18.8 Å². The highest BCUT2D eigenvalue weighted by atomic mass is 19.4. The Morgan fingerprint density at radius 2 is 2.08 bits per heavy atom. The number of aromatic nitrogens is 2. The molecule has 0 aliphatic carbocycles. The van der Waals surface area contributed by atoms with Crippen LogP contribution in [0.5, 0.6) is 5.88 Å². The number of nitriles is 1. The number of morpholine rings is 1. The largest absolute Gasteiger partial charge is 0.477 e. The van der Waals surface area contributed by atoms with Crippen molar-refractivity contribution in [1.82, 2.24) is 14.9 Å². The van der Waals surface area contributed by atoms with Gasteiger partial charge >= 0.3 is 6.18 Å². The number of hydrogen-bond acceptors (Lipinski definition) is 9. The Bertz CT molecular complexity index is 1090. The van der Waals surface area contributed by atoms with Crippen LogP contribution in [-0.4, -0.2) is 66.3 Å². The fraction of sp³-hybridized carbons (Fsp3) is 0.478. The third kappa shape index (κ3) is 7.43. The molecular weight excluding hydrogens is 479 g/mol. The molecular formula is C23H28F3N7O3. The van der Waals surface area contributed by atoms with E-state index in [-0.39, 0.29) is 35.5 Å². The summed E-state index contributed by atoms with van der Waals surface area (Å²) in [5.41, 5.74) is 4.90. The lowest BCUT2D eigenvalue weighted by molar-refractivity contribution is -0.137. The first-order chi connectivity index (χ1) is 17.2. The summed E-state index contributed by atoms with van der Waals surface area (Å²) in [6.07, 6.45) is -3.63. The summed E-state index contributed by atoms with van der Waals surface area (Å²) in [5, 5.41) is 15.0. The summed E-state index contributed by atoms with van der Waals surface area (Å²) in [7, 11) is 0. The molecule has 2 aromatic rings.